The Kier molecular flexibility index (Phi) is 8.56. The van der Waals surface area contributed by atoms with Crippen LogP contribution in [0.5, 0.6) is 11.5 Å². The second-order valence-electron chi connectivity index (χ2n) is 6.95. The maximum absolute atomic E-state index is 6.10. The van der Waals surface area contributed by atoms with E-state index in [2.05, 4.69) is 16.0 Å². The molecule has 0 aliphatic rings. The predicted molar refractivity (Wildman–Crippen MR) is 138 cm³/mol. The molecule has 7 heteroatoms. The summed E-state index contributed by atoms with van der Waals surface area (Å²) >= 11 is 7.74. The molecule has 0 saturated heterocycles. The van der Waals surface area contributed by atoms with E-state index in [1.165, 1.54) is 5.56 Å². The highest BCUT2D eigenvalue weighted by Crippen LogP contribution is 2.28. The molecular formula is C25H24BrClN2O2S. The summed E-state index contributed by atoms with van der Waals surface area (Å²) in [5.41, 5.74) is 4.34. The molecule has 4 rings (SSSR count). The van der Waals surface area contributed by atoms with Crippen LogP contribution in [0.3, 0.4) is 0 Å². The standard InChI is InChI=1S/C25H23ClN2O2S.BrH/c1-29-23-13-8-18(16-24(23)30-2)14-15-28-22(19-9-11-20(26)12-10-19)17-31-25(28)27-21-6-4-3-5-7-21;/h3-13,16-17H,14-15H2,1-2H3;1H. The molecule has 3 aromatic carbocycles. The van der Waals surface area contributed by atoms with Crippen molar-refractivity contribution in [2.45, 2.75) is 13.0 Å². The van der Waals surface area contributed by atoms with Crippen molar-refractivity contribution >= 4 is 45.6 Å². The SMILES string of the molecule is Br.COc1ccc(CCn2c(-c3ccc(Cl)cc3)csc2=Nc2ccccc2)cc1OC. The average molecular weight is 532 g/mol. The Morgan fingerprint density at radius 3 is 2.31 bits per heavy atom. The number of thiazole rings is 1. The van der Waals surface area contributed by atoms with Crippen molar-refractivity contribution in [2.24, 2.45) is 4.99 Å². The molecule has 32 heavy (non-hydrogen) atoms. The molecule has 0 atom stereocenters. The van der Waals surface area contributed by atoms with E-state index in [9.17, 15) is 0 Å². The number of halogens is 2. The summed E-state index contributed by atoms with van der Waals surface area (Å²) in [5.74, 6) is 1.47. The molecule has 1 aromatic heterocycles. The van der Waals surface area contributed by atoms with Gasteiger partial charge in [-0.1, -0.05) is 48.0 Å². The van der Waals surface area contributed by atoms with Crippen molar-refractivity contribution in [1.82, 2.24) is 4.57 Å². The first-order valence-corrected chi connectivity index (χ1v) is 11.2. The molecule has 0 radical (unpaired) electrons. The van der Waals surface area contributed by atoms with Crippen LogP contribution in [0, 0.1) is 0 Å². The number of aryl methyl sites for hydroxylation is 1. The molecule has 0 fully saturated rings. The smallest absolute Gasteiger partial charge is 0.190 e. The highest BCUT2D eigenvalue weighted by atomic mass is 79.9. The number of ether oxygens (including phenoxy) is 2. The average Bonchev–Trinajstić information content (AvgIpc) is 3.20. The van der Waals surface area contributed by atoms with E-state index < -0.39 is 0 Å². The van der Waals surface area contributed by atoms with E-state index in [4.69, 9.17) is 26.1 Å². The van der Waals surface area contributed by atoms with Gasteiger partial charge in [-0.25, -0.2) is 4.99 Å². The van der Waals surface area contributed by atoms with Gasteiger partial charge in [0, 0.05) is 16.9 Å². The van der Waals surface area contributed by atoms with Crippen LogP contribution in [0.15, 0.2) is 83.2 Å². The molecule has 4 aromatic rings. The lowest BCUT2D eigenvalue weighted by molar-refractivity contribution is 0.354. The van der Waals surface area contributed by atoms with Gasteiger partial charge in [0.05, 0.1) is 25.6 Å². The van der Waals surface area contributed by atoms with Crippen LogP contribution in [0.25, 0.3) is 11.3 Å². The minimum absolute atomic E-state index is 0. The summed E-state index contributed by atoms with van der Waals surface area (Å²) in [6.45, 7) is 0.780. The molecule has 0 spiro atoms. The number of benzene rings is 3. The van der Waals surface area contributed by atoms with Crippen molar-refractivity contribution < 1.29 is 9.47 Å². The zero-order valence-electron chi connectivity index (χ0n) is 17.8. The number of hydrogen-bond donors (Lipinski definition) is 0. The molecule has 0 aliphatic carbocycles. The van der Waals surface area contributed by atoms with Gasteiger partial charge in [-0.15, -0.1) is 28.3 Å². The Morgan fingerprint density at radius 1 is 0.906 bits per heavy atom. The minimum Gasteiger partial charge on any atom is -0.493 e. The lowest BCUT2D eigenvalue weighted by Crippen LogP contribution is -2.17. The second kappa shape index (κ2) is 11.4. The zero-order valence-corrected chi connectivity index (χ0v) is 21.1. The Morgan fingerprint density at radius 2 is 1.62 bits per heavy atom. The van der Waals surface area contributed by atoms with Crippen molar-refractivity contribution in [3.63, 3.8) is 0 Å². The second-order valence-corrected chi connectivity index (χ2v) is 8.22. The van der Waals surface area contributed by atoms with Crippen LogP contribution >= 0.6 is 39.9 Å². The number of nitrogens with zero attached hydrogens (tertiary/aromatic N) is 2. The van der Waals surface area contributed by atoms with Gasteiger partial charge >= 0.3 is 0 Å². The van der Waals surface area contributed by atoms with Crippen LogP contribution in [0.2, 0.25) is 5.02 Å². The summed E-state index contributed by atoms with van der Waals surface area (Å²) < 4.78 is 13.1. The van der Waals surface area contributed by atoms with E-state index in [1.54, 1.807) is 25.6 Å². The maximum Gasteiger partial charge on any atom is 0.190 e. The van der Waals surface area contributed by atoms with Gasteiger partial charge in [0.2, 0.25) is 0 Å². The lowest BCUT2D eigenvalue weighted by atomic mass is 10.1. The fourth-order valence-corrected chi connectivity index (χ4v) is 4.46. The molecule has 0 bridgehead atoms. The van der Waals surface area contributed by atoms with Crippen molar-refractivity contribution in [1.29, 1.82) is 0 Å². The molecular weight excluding hydrogens is 508 g/mol. The van der Waals surface area contributed by atoms with E-state index in [-0.39, 0.29) is 17.0 Å². The van der Waals surface area contributed by atoms with Crippen LogP contribution in [0.1, 0.15) is 5.56 Å². The van der Waals surface area contributed by atoms with Crippen molar-refractivity contribution in [2.75, 3.05) is 14.2 Å². The zero-order chi connectivity index (χ0) is 21.6. The van der Waals surface area contributed by atoms with Gasteiger partial charge in [-0.2, -0.15) is 0 Å². The lowest BCUT2D eigenvalue weighted by Gasteiger charge is -2.12. The highest BCUT2D eigenvalue weighted by molar-refractivity contribution is 8.93. The van der Waals surface area contributed by atoms with E-state index in [0.717, 1.165) is 51.2 Å². The molecule has 0 N–H and O–H groups in total. The molecule has 4 nitrogen and oxygen atoms in total. The summed E-state index contributed by atoms with van der Waals surface area (Å²) in [6.07, 6.45) is 0.833. The third kappa shape index (κ3) is 5.63. The fourth-order valence-electron chi connectivity index (χ4n) is 3.38. The van der Waals surface area contributed by atoms with Crippen LogP contribution in [-0.2, 0) is 13.0 Å². The monoisotopic (exact) mass is 530 g/mol. The number of aromatic nitrogens is 1. The number of para-hydroxylation sites is 1. The largest absolute Gasteiger partial charge is 0.493 e. The van der Waals surface area contributed by atoms with Gasteiger partial charge in [0.1, 0.15) is 0 Å². The molecule has 1 heterocycles. The molecule has 0 unspecified atom stereocenters. The molecule has 0 amide bonds. The first-order chi connectivity index (χ1) is 15.2. The van der Waals surface area contributed by atoms with Crippen LogP contribution in [0.4, 0.5) is 5.69 Å². The van der Waals surface area contributed by atoms with Crippen LogP contribution < -0.4 is 14.3 Å². The van der Waals surface area contributed by atoms with Gasteiger partial charge < -0.3 is 14.0 Å². The van der Waals surface area contributed by atoms with Crippen molar-refractivity contribution in [3.8, 4) is 22.8 Å². The Labute approximate surface area is 207 Å². The van der Waals surface area contributed by atoms with Gasteiger partial charge in [-0.3, -0.25) is 0 Å². The fraction of sp³-hybridized carbons (Fsp3) is 0.160. The third-order valence-electron chi connectivity index (χ3n) is 4.99. The third-order valence-corrected chi connectivity index (χ3v) is 6.11. The van der Waals surface area contributed by atoms with Crippen molar-refractivity contribution in [3.05, 3.63) is 93.6 Å². The molecule has 166 valence electrons. The Bertz CT molecular complexity index is 1220. The van der Waals surface area contributed by atoms with Gasteiger partial charge in [0.15, 0.2) is 16.3 Å². The number of hydrogen-bond acceptors (Lipinski definition) is 4. The normalized spacial score (nSPS) is 11.2. The van der Waals surface area contributed by atoms with Gasteiger partial charge in [-0.05, 0) is 53.9 Å². The first kappa shape index (κ1) is 24.1. The maximum atomic E-state index is 6.10. The quantitative estimate of drug-likeness (QED) is 0.259. The minimum atomic E-state index is 0. The number of rotatable bonds is 7. The highest BCUT2D eigenvalue weighted by Gasteiger charge is 2.10. The molecule has 0 saturated carbocycles. The van der Waals surface area contributed by atoms with E-state index in [1.807, 2.05) is 66.7 Å². The summed E-state index contributed by atoms with van der Waals surface area (Å²) in [4.78, 5) is 5.84. The Balaban J connectivity index is 0.00000289. The summed E-state index contributed by atoms with van der Waals surface area (Å²) in [6, 6.07) is 24.0. The predicted octanol–water partition coefficient (Wildman–Crippen LogP) is 6.94. The topological polar surface area (TPSA) is 35.8 Å². The van der Waals surface area contributed by atoms with E-state index >= 15 is 0 Å². The van der Waals surface area contributed by atoms with Gasteiger partial charge in [0.25, 0.3) is 0 Å². The van der Waals surface area contributed by atoms with Crippen LogP contribution in [-0.4, -0.2) is 18.8 Å². The summed E-state index contributed by atoms with van der Waals surface area (Å²) in [7, 11) is 3.30. The Hall–Kier alpha value is -2.54. The molecule has 0 aliphatic heterocycles. The first-order valence-electron chi connectivity index (χ1n) is 9.93. The summed E-state index contributed by atoms with van der Waals surface area (Å²) in [5, 5.41) is 2.88. The van der Waals surface area contributed by atoms with E-state index in [0.29, 0.717) is 0 Å². The number of methoxy groups -OCH3 is 2.